The second-order valence-electron chi connectivity index (χ2n) is 6.65. The normalized spacial score (nSPS) is 11.2. The Labute approximate surface area is 153 Å². The fraction of sp³-hybridized carbons (Fsp3) is 0. The summed E-state index contributed by atoms with van der Waals surface area (Å²) in [6, 6.07) is 32.6. The van der Waals surface area contributed by atoms with Crippen molar-refractivity contribution in [3.63, 3.8) is 0 Å². The Morgan fingerprint density at radius 2 is 1.08 bits per heavy atom. The molecular weight excluding hydrogens is 312 g/mol. The zero-order valence-corrected chi connectivity index (χ0v) is 14.4. The molecule has 0 aromatic heterocycles. The van der Waals surface area contributed by atoms with Gasteiger partial charge in [-0.25, -0.2) is 0 Å². The van der Waals surface area contributed by atoms with Gasteiger partial charge in [-0.15, -0.1) is 0 Å². The summed E-state index contributed by atoms with van der Waals surface area (Å²) >= 11 is 0. The molecule has 0 N–H and O–H groups in total. The summed E-state index contributed by atoms with van der Waals surface area (Å²) in [6.07, 6.45) is 1.98. The topological polar surface area (TPSA) is 0 Å². The number of fused-ring (bicyclic) bond motifs is 3. The van der Waals surface area contributed by atoms with Gasteiger partial charge < -0.3 is 0 Å². The van der Waals surface area contributed by atoms with Crippen molar-refractivity contribution >= 4 is 38.4 Å². The Morgan fingerprint density at radius 3 is 1.69 bits per heavy atom. The number of hydrogen-bond acceptors (Lipinski definition) is 0. The molecule has 0 heterocycles. The molecule has 26 heavy (non-hydrogen) atoms. The molecule has 0 aliphatic heterocycles. The highest BCUT2D eigenvalue weighted by Gasteiger charge is 2.13. The summed E-state index contributed by atoms with van der Waals surface area (Å²) in [4.78, 5) is 0. The largest absolute Gasteiger partial charge is 0.0984 e. The van der Waals surface area contributed by atoms with Crippen molar-refractivity contribution in [2.75, 3.05) is 0 Å². The average Bonchev–Trinajstić information content (AvgIpc) is 2.71. The summed E-state index contributed by atoms with van der Waals surface area (Å²) in [6.45, 7) is 4.07. The van der Waals surface area contributed by atoms with Crippen LogP contribution in [0.3, 0.4) is 0 Å². The molecule has 0 nitrogen and oxygen atoms in total. The van der Waals surface area contributed by atoms with E-state index in [2.05, 4.69) is 97.6 Å². The molecule has 5 aromatic rings. The minimum atomic E-state index is 1.21. The second-order valence-corrected chi connectivity index (χ2v) is 6.65. The van der Waals surface area contributed by atoms with Crippen LogP contribution in [0.25, 0.3) is 49.5 Å². The molecule has 0 bridgehead atoms. The van der Waals surface area contributed by atoms with Crippen molar-refractivity contribution in [2.45, 2.75) is 0 Å². The Kier molecular flexibility index (Phi) is 3.36. The van der Waals surface area contributed by atoms with Gasteiger partial charge in [-0.1, -0.05) is 97.6 Å². The van der Waals surface area contributed by atoms with E-state index in [-0.39, 0.29) is 0 Å². The van der Waals surface area contributed by atoms with Crippen LogP contribution in [0.1, 0.15) is 5.56 Å². The molecular formula is C26H18. The molecule has 0 saturated heterocycles. The zero-order valence-electron chi connectivity index (χ0n) is 14.4. The van der Waals surface area contributed by atoms with Gasteiger partial charge in [0.25, 0.3) is 0 Å². The van der Waals surface area contributed by atoms with Crippen LogP contribution in [0, 0.1) is 0 Å². The molecule has 0 saturated carbocycles. The van der Waals surface area contributed by atoms with E-state index < -0.39 is 0 Å². The molecule has 122 valence electrons. The van der Waals surface area contributed by atoms with E-state index in [1.54, 1.807) is 0 Å². The Hall–Kier alpha value is -3.38. The molecule has 0 spiro atoms. The van der Waals surface area contributed by atoms with Gasteiger partial charge in [0.2, 0.25) is 0 Å². The van der Waals surface area contributed by atoms with Crippen LogP contribution >= 0.6 is 0 Å². The van der Waals surface area contributed by atoms with Gasteiger partial charge in [-0.2, -0.15) is 0 Å². The molecule has 5 aromatic carbocycles. The SMILES string of the molecule is C=Cc1c2ccccc2c(-c2ccc3ccccc3c2)c2ccccc12. The van der Waals surface area contributed by atoms with Gasteiger partial charge in [0.15, 0.2) is 0 Å². The highest BCUT2D eigenvalue weighted by atomic mass is 14.2. The lowest BCUT2D eigenvalue weighted by Crippen LogP contribution is -1.89. The predicted molar refractivity (Wildman–Crippen MR) is 114 cm³/mol. The van der Waals surface area contributed by atoms with Gasteiger partial charge in [0.05, 0.1) is 0 Å². The molecule has 0 aliphatic rings. The van der Waals surface area contributed by atoms with Gasteiger partial charge in [-0.3, -0.25) is 0 Å². The van der Waals surface area contributed by atoms with Crippen molar-refractivity contribution in [3.8, 4) is 11.1 Å². The lowest BCUT2D eigenvalue weighted by molar-refractivity contribution is 1.69. The third kappa shape index (κ3) is 2.16. The van der Waals surface area contributed by atoms with E-state index in [4.69, 9.17) is 0 Å². The molecule has 0 fully saturated rings. The second kappa shape index (κ2) is 5.86. The minimum Gasteiger partial charge on any atom is -0.0984 e. The minimum absolute atomic E-state index is 1.21. The molecule has 0 aliphatic carbocycles. The fourth-order valence-electron chi connectivity index (χ4n) is 4.04. The van der Waals surface area contributed by atoms with E-state index in [0.29, 0.717) is 0 Å². The Balaban J connectivity index is 1.98. The number of benzene rings is 5. The Bertz CT molecular complexity index is 1230. The summed E-state index contributed by atoms with van der Waals surface area (Å²) in [5, 5.41) is 7.60. The average molecular weight is 330 g/mol. The molecule has 0 heteroatoms. The van der Waals surface area contributed by atoms with E-state index >= 15 is 0 Å². The van der Waals surface area contributed by atoms with Gasteiger partial charge in [0.1, 0.15) is 0 Å². The third-order valence-corrected chi connectivity index (χ3v) is 5.22. The summed E-state index contributed by atoms with van der Waals surface area (Å²) in [7, 11) is 0. The number of hydrogen-bond donors (Lipinski definition) is 0. The van der Waals surface area contributed by atoms with Crippen LogP contribution in [0.15, 0.2) is 97.6 Å². The van der Waals surface area contributed by atoms with Gasteiger partial charge >= 0.3 is 0 Å². The van der Waals surface area contributed by atoms with Crippen molar-refractivity contribution in [3.05, 3.63) is 103 Å². The number of rotatable bonds is 2. The first-order chi connectivity index (χ1) is 12.9. The van der Waals surface area contributed by atoms with E-state index in [1.807, 2.05) is 6.08 Å². The molecule has 0 amide bonds. The van der Waals surface area contributed by atoms with E-state index in [1.165, 1.54) is 49.0 Å². The highest BCUT2D eigenvalue weighted by molar-refractivity contribution is 6.17. The van der Waals surface area contributed by atoms with Crippen LogP contribution in [-0.4, -0.2) is 0 Å². The summed E-state index contributed by atoms with van der Waals surface area (Å²) in [5.41, 5.74) is 3.76. The summed E-state index contributed by atoms with van der Waals surface area (Å²) in [5.74, 6) is 0. The Morgan fingerprint density at radius 1 is 0.538 bits per heavy atom. The maximum absolute atomic E-state index is 4.07. The standard InChI is InChI=1S/C26H18/c1-2-21-22-11-5-7-13-24(22)26(25-14-8-6-12-23(21)25)20-16-15-18-9-3-4-10-19(18)17-20/h2-17H,1H2. The van der Waals surface area contributed by atoms with Crippen LogP contribution < -0.4 is 0 Å². The maximum Gasteiger partial charge on any atom is -0.00262 e. The van der Waals surface area contributed by atoms with Crippen molar-refractivity contribution in [1.29, 1.82) is 0 Å². The van der Waals surface area contributed by atoms with Crippen LogP contribution in [0.2, 0.25) is 0 Å². The lowest BCUT2D eigenvalue weighted by Gasteiger charge is -2.16. The van der Waals surface area contributed by atoms with Crippen molar-refractivity contribution < 1.29 is 0 Å². The quantitative estimate of drug-likeness (QED) is 0.295. The van der Waals surface area contributed by atoms with Crippen molar-refractivity contribution in [2.24, 2.45) is 0 Å². The third-order valence-electron chi connectivity index (χ3n) is 5.22. The molecule has 0 radical (unpaired) electrons. The van der Waals surface area contributed by atoms with Crippen LogP contribution in [0.4, 0.5) is 0 Å². The highest BCUT2D eigenvalue weighted by Crippen LogP contribution is 2.40. The summed E-state index contributed by atoms with van der Waals surface area (Å²) < 4.78 is 0. The van der Waals surface area contributed by atoms with Crippen LogP contribution in [0.5, 0.6) is 0 Å². The van der Waals surface area contributed by atoms with Crippen molar-refractivity contribution in [1.82, 2.24) is 0 Å². The van der Waals surface area contributed by atoms with Crippen LogP contribution in [-0.2, 0) is 0 Å². The fourth-order valence-corrected chi connectivity index (χ4v) is 4.04. The van der Waals surface area contributed by atoms with E-state index in [9.17, 15) is 0 Å². The van der Waals surface area contributed by atoms with Gasteiger partial charge in [0, 0.05) is 0 Å². The first-order valence-corrected chi connectivity index (χ1v) is 8.92. The molecule has 5 rings (SSSR count). The first kappa shape index (κ1) is 14.9. The van der Waals surface area contributed by atoms with Gasteiger partial charge in [-0.05, 0) is 55.1 Å². The zero-order chi connectivity index (χ0) is 17.5. The predicted octanol–water partition coefficient (Wildman–Crippen LogP) is 7.46. The monoisotopic (exact) mass is 330 g/mol. The lowest BCUT2D eigenvalue weighted by atomic mass is 9.88. The molecule has 0 atom stereocenters. The molecule has 0 unspecified atom stereocenters. The maximum atomic E-state index is 4.07. The van der Waals surface area contributed by atoms with E-state index in [0.717, 1.165) is 0 Å². The first-order valence-electron chi connectivity index (χ1n) is 8.92. The smallest absolute Gasteiger partial charge is 0.00262 e.